The van der Waals surface area contributed by atoms with Gasteiger partial charge in [-0.05, 0) is 87.4 Å². The predicted octanol–water partition coefficient (Wildman–Crippen LogP) is 6.46. The van der Waals surface area contributed by atoms with Crippen molar-refractivity contribution in [3.05, 3.63) is 53.1 Å². The zero-order valence-electron chi connectivity index (χ0n) is 31.1. The van der Waals surface area contributed by atoms with Crippen molar-refractivity contribution in [2.45, 2.75) is 115 Å². The Labute approximate surface area is 310 Å². The van der Waals surface area contributed by atoms with Crippen LogP contribution in [0.4, 0.5) is 24.6 Å². The number of hydrogen-bond donors (Lipinski definition) is 2. The number of nitrogens with one attached hydrogen (secondary N) is 1. The van der Waals surface area contributed by atoms with Crippen LogP contribution in [0.3, 0.4) is 0 Å². The average molecular weight is 789 g/mol. The van der Waals surface area contributed by atoms with E-state index in [4.69, 9.17) is 28.0 Å². The van der Waals surface area contributed by atoms with Crippen LogP contribution in [-0.4, -0.2) is 85.9 Å². The summed E-state index contributed by atoms with van der Waals surface area (Å²) in [5.41, 5.74) is -4.24. The summed E-state index contributed by atoms with van der Waals surface area (Å²) < 4.78 is 63.5. The molecule has 1 fully saturated rings. The largest absolute Gasteiger partial charge is 0.509 e. The number of carboxylic acids is 1. The SMILES string of the molecule is CC(NP(=O)(OC[C@H]1SC(n2ccc(N(C(=O)OC(C)(C)C)C(=O)OC(C)(C)C)nc2=O)[C@@H](F)[C@@H]1OC(=O)OC(C)(C)C)Oc1ccccc1)C(=O)O. The molecule has 1 aromatic heterocycles. The Balaban J connectivity index is 1.99. The Morgan fingerprint density at radius 2 is 1.51 bits per heavy atom. The molecule has 2 N–H and O–H groups in total. The molecule has 53 heavy (non-hydrogen) atoms. The summed E-state index contributed by atoms with van der Waals surface area (Å²) in [4.78, 5) is 68.3. The van der Waals surface area contributed by atoms with Gasteiger partial charge in [0.15, 0.2) is 18.1 Å². The van der Waals surface area contributed by atoms with Crippen molar-refractivity contribution in [1.82, 2.24) is 14.6 Å². The number of aromatic nitrogens is 2. The first kappa shape index (κ1) is 43.2. The molecular formula is C33H46FN4O13PS. The highest BCUT2D eigenvalue weighted by Gasteiger charge is 2.50. The van der Waals surface area contributed by atoms with Crippen LogP contribution < -0.4 is 20.2 Å². The lowest BCUT2D eigenvalue weighted by Crippen LogP contribution is -2.45. The van der Waals surface area contributed by atoms with Gasteiger partial charge in [-0.1, -0.05) is 18.2 Å². The molecule has 3 rings (SSSR count). The molecule has 2 amide bonds. The fourth-order valence-corrected chi connectivity index (χ4v) is 7.43. The highest BCUT2D eigenvalue weighted by Crippen LogP contribution is 2.49. The van der Waals surface area contributed by atoms with E-state index in [1.54, 1.807) is 80.5 Å². The van der Waals surface area contributed by atoms with Gasteiger partial charge in [-0.2, -0.15) is 15.0 Å². The second-order valence-corrected chi connectivity index (χ2v) is 17.8. The number of alkyl halides is 1. The van der Waals surface area contributed by atoms with Crippen molar-refractivity contribution in [1.29, 1.82) is 0 Å². The van der Waals surface area contributed by atoms with Gasteiger partial charge in [-0.3, -0.25) is 13.9 Å². The molecule has 0 saturated carbocycles. The first-order valence-corrected chi connectivity index (χ1v) is 18.8. The van der Waals surface area contributed by atoms with E-state index in [1.807, 2.05) is 0 Å². The molecule has 1 saturated heterocycles. The number of halogens is 1. The monoisotopic (exact) mass is 788 g/mol. The van der Waals surface area contributed by atoms with Gasteiger partial charge in [0.25, 0.3) is 0 Å². The number of ether oxygens (including phenoxy) is 4. The van der Waals surface area contributed by atoms with Gasteiger partial charge in [-0.15, -0.1) is 11.8 Å². The summed E-state index contributed by atoms with van der Waals surface area (Å²) in [7, 11) is -4.50. The van der Waals surface area contributed by atoms with Crippen molar-refractivity contribution in [2.24, 2.45) is 0 Å². The fourth-order valence-electron chi connectivity index (χ4n) is 4.35. The van der Waals surface area contributed by atoms with Crippen LogP contribution in [-0.2, 0) is 32.8 Å². The summed E-state index contributed by atoms with van der Waals surface area (Å²) >= 11 is 0.741. The number of imide groups is 1. The standard InChI is InChI=1S/C33H46FN4O13PS/c1-19(26(39)40)36-52(45,51-20-14-12-11-13-15-20)46-18-21-24(47-30(44)50-33(8,9)10)23(34)25(53-21)37-17-16-22(35-27(37)41)38(28(42)48-31(2,3)4)29(43)49-32(5,6)7/h11-17,19,21,23-25H,18H2,1-10H3,(H,36,45)(H,39,40)/t19?,21-,23+,24-,25?,52?/m1/s1. The quantitative estimate of drug-likeness (QED) is 0.142. The molecule has 6 atom stereocenters. The molecule has 294 valence electrons. The van der Waals surface area contributed by atoms with Crippen LogP contribution in [0, 0.1) is 0 Å². The molecule has 1 aliphatic heterocycles. The topological polar surface area (TPSA) is 211 Å². The van der Waals surface area contributed by atoms with Crippen LogP contribution in [0.1, 0.15) is 74.6 Å². The van der Waals surface area contributed by atoms with Gasteiger partial charge < -0.3 is 28.6 Å². The number of para-hydroxylation sites is 1. The molecule has 0 radical (unpaired) electrons. The number of anilines is 1. The van der Waals surface area contributed by atoms with Crippen molar-refractivity contribution in [2.75, 3.05) is 11.5 Å². The number of carbonyl (C=O) groups excluding carboxylic acids is 3. The van der Waals surface area contributed by atoms with Crippen molar-refractivity contribution < 1.29 is 61.2 Å². The number of thioether (sulfide) groups is 1. The maximum atomic E-state index is 16.4. The number of nitrogens with zero attached hydrogens (tertiary/aromatic N) is 3. The lowest BCUT2D eigenvalue weighted by atomic mass is 10.1. The van der Waals surface area contributed by atoms with E-state index in [0.29, 0.717) is 4.90 Å². The van der Waals surface area contributed by atoms with E-state index >= 15 is 4.39 Å². The molecule has 2 heterocycles. The predicted molar refractivity (Wildman–Crippen MR) is 191 cm³/mol. The summed E-state index contributed by atoms with van der Waals surface area (Å²) in [6.45, 7) is 14.6. The summed E-state index contributed by atoms with van der Waals surface area (Å²) in [5.74, 6) is -1.79. The number of rotatable bonds is 11. The Morgan fingerprint density at radius 3 is 2.00 bits per heavy atom. The fraction of sp³-hybridized carbons (Fsp3) is 0.576. The van der Waals surface area contributed by atoms with Gasteiger partial charge in [0.2, 0.25) is 0 Å². The van der Waals surface area contributed by atoms with Gasteiger partial charge in [0.05, 0.1) is 11.9 Å². The first-order valence-electron chi connectivity index (χ1n) is 16.3. The zero-order chi connectivity index (χ0) is 40.1. The Morgan fingerprint density at radius 1 is 0.962 bits per heavy atom. The van der Waals surface area contributed by atoms with Crippen LogP contribution in [0.15, 0.2) is 47.4 Å². The Hall–Kier alpha value is -4.19. The Bertz CT molecular complexity index is 1710. The van der Waals surface area contributed by atoms with Crippen molar-refractivity contribution in [3.63, 3.8) is 0 Å². The molecule has 1 aromatic carbocycles. The van der Waals surface area contributed by atoms with E-state index in [9.17, 15) is 33.6 Å². The number of carboxylic acid groups (broad SMARTS) is 1. The summed E-state index contributed by atoms with van der Waals surface area (Å²) in [5, 5.41) is 9.11. The molecule has 17 nitrogen and oxygen atoms in total. The van der Waals surface area contributed by atoms with Crippen LogP contribution in [0.5, 0.6) is 5.75 Å². The van der Waals surface area contributed by atoms with E-state index in [0.717, 1.165) is 28.6 Å². The molecule has 0 bridgehead atoms. The average Bonchev–Trinajstić information content (AvgIpc) is 3.28. The number of carbonyl (C=O) groups is 4. The van der Waals surface area contributed by atoms with E-state index in [-0.39, 0.29) is 5.75 Å². The van der Waals surface area contributed by atoms with E-state index in [2.05, 4.69) is 10.1 Å². The number of benzene rings is 1. The maximum absolute atomic E-state index is 16.4. The number of amides is 2. The molecule has 2 aromatic rings. The third-order valence-corrected chi connectivity index (χ3v) is 9.62. The molecule has 20 heteroatoms. The number of hydrogen-bond acceptors (Lipinski definition) is 14. The molecule has 3 unspecified atom stereocenters. The highest BCUT2D eigenvalue weighted by atomic mass is 32.2. The van der Waals surface area contributed by atoms with Gasteiger partial charge >= 0.3 is 37.7 Å². The third-order valence-electron chi connectivity index (χ3n) is 6.46. The van der Waals surface area contributed by atoms with E-state index < -0.39 is 95.9 Å². The van der Waals surface area contributed by atoms with Gasteiger partial charge in [0.1, 0.15) is 34.0 Å². The van der Waals surface area contributed by atoms with Crippen LogP contribution >= 0.6 is 19.5 Å². The molecule has 1 aliphatic rings. The van der Waals surface area contributed by atoms with Gasteiger partial charge in [0, 0.05) is 6.20 Å². The second-order valence-electron chi connectivity index (χ2n) is 14.7. The highest BCUT2D eigenvalue weighted by molar-refractivity contribution is 8.00. The Kier molecular flexibility index (Phi) is 13.8. The maximum Gasteiger partial charge on any atom is 0.509 e. The van der Waals surface area contributed by atoms with Crippen molar-refractivity contribution >= 4 is 49.6 Å². The third kappa shape index (κ3) is 13.0. The van der Waals surface area contributed by atoms with Gasteiger partial charge in [-0.25, -0.2) is 28.1 Å². The molecule has 0 spiro atoms. The normalized spacial score (nSPS) is 20.7. The minimum absolute atomic E-state index is 0.0623. The second kappa shape index (κ2) is 16.9. The smallest absolute Gasteiger partial charge is 0.480 e. The van der Waals surface area contributed by atoms with Crippen LogP contribution in [0.2, 0.25) is 0 Å². The zero-order valence-corrected chi connectivity index (χ0v) is 32.8. The number of aliphatic carboxylic acids is 1. The molecular weight excluding hydrogens is 742 g/mol. The molecule has 0 aliphatic carbocycles. The lowest BCUT2D eigenvalue weighted by molar-refractivity contribution is -0.138. The minimum Gasteiger partial charge on any atom is -0.480 e. The van der Waals surface area contributed by atoms with Crippen molar-refractivity contribution in [3.8, 4) is 5.75 Å². The first-order chi connectivity index (χ1) is 24.3. The van der Waals surface area contributed by atoms with E-state index in [1.165, 1.54) is 19.1 Å². The summed E-state index contributed by atoms with van der Waals surface area (Å²) in [6, 6.07) is 7.39. The minimum atomic E-state index is -4.50. The summed E-state index contributed by atoms with van der Waals surface area (Å²) in [6.07, 6.45) is -6.36. The van der Waals surface area contributed by atoms with Crippen LogP contribution in [0.25, 0.3) is 0 Å². The lowest BCUT2D eigenvalue weighted by Gasteiger charge is -2.28.